The predicted molar refractivity (Wildman–Crippen MR) is 79.5 cm³/mol. The number of anilines is 1. The van der Waals surface area contributed by atoms with Crippen LogP contribution < -0.4 is 10.1 Å². The van der Waals surface area contributed by atoms with Crippen LogP contribution >= 0.6 is 34.5 Å². The molecule has 0 saturated carbocycles. The third-order valence-corrected chi connectivity index (χ3v) is 4.15. The van der Waals surface area contributed by atoms with Crippen LogP contribution in [-0.2, 0) is 0 Å². The third-order valence-electron chi connectivity index (χ3n) is 2.63. The first kappa shape index (κ1) is 16.3. The van der Waals surface area contributed by atoms with Gasteiger partial charge in [0, 0.05) is 5.56 Å². The molecule has 2 nitrogen and oxygen atoms in total. The van der Waals surface area contributed by atoms with Crippen molar-refractivity contribution in [3.8, 4) is 5.75 Å². The number of rotatable bonds is 4. The molecule has 1 heterocycles. The maximum absolute atomic E-state index is 12.4. The number of halogens is 5. The smallest absolute Gasteiger partial charge is 0.404 e. The highest BCUT2D eigenvalue weighted by atomic mass is 35.5. The standard InChI is InChI=1S/C13H10Cl2F3NOS/c1-7(8-6-11(14)21-12(8)15)19-9-4-2-3-5-10(9)20-13(16,17)18/h2-7,19H,1H3. The third kappa shape index (κ3) is 4.43. The van der Waals surface area contributed by atoms with Crippen molar-refractivity contribution < 1.29 is 17.9 Å². The molecule has 0 fully saturated rings. The summed E-state index contributed by atoms with van der Waals surface area (Å²) in [6.45, 7) is 1.77. The summed E-state index contributed by atoms with van der Waals surface area (Å²) in [5.74, 6) is -0.297. The second-order valence-electron chi connectivity index (χ2n) is 4.19. The molecule has 2 aromatic rings. The first-order valence-corrected chi connectivity index (χ1v) is 7.39. The molecule has 0 aliphatic heterocycles. The van der Waals surface area contributed by atoms with Gasteiger partial charge in [0.1, 0.15) is 0 Å². The predicted octanol–water partition coefficient (Wildman–Crippen LogP) is 6.13. The molecule has 1 N–H and O–H groups in total. The number of nitrogens with one attached hydrogen (secondary N) is 1. The summed E-state index contributed by atoms with van der Waals surface area (Å²) in [6.07, 6.45) is -4.75. The zero-order valence-corrected chi connectivity index (χ0v) is 13.0. The lowest BCUT2D eigenvalue weighted by molar-refractivity contribution is -0.274. The first-order valence-electron chi connectivity index (χ1n) is 5.82. The molecule has 2 rings (SSSR count). The number of alkyl halides is 3. The summed E-state index contributed by atoms with van der Waals surface area (Å²) < 4.78 is 42.1. The molecule has 21 heavy (non-hydrogen) atoms. The number of benzene rings is 1. The zero-order chi connectivity index (χ0) is 15.6. The van der Waals surface area contributed by atoms with Gasteiger partial charge in [-0.1, -0.05) is 35.3 Å². The van der Waals surface area contributed by atoms with Gasteiger partial charge in [0.2, 0.25) is 0 Å². The maximum Gasteiger partial charge on any atom is 0.573 e. The van der Waals surface area contributed by atoms with Gasteiger partial charge in [-0.3, -0.25) is 0 Å². The molecule has 1 aromatic carbocycles. The Labute approximate surface area is 133 Å². The lowest BCUT2D eigenvalue weighted by atomic mass is 10.1. The lowest BCUT2D eigenvalue weighted by Crippen LogP contribution is -2.18. The summed E-state index contributed by atoms with van der Waals surface area (Å²) >= 11 is 13.1. The highest BCUT2D eigenvalue weighted by Gasteiger charge is 2.32. The van der Waals surface area contributed by atoms with Gasteiger partial charge in [-0.05, 0) is 25.1 Å². The van der Waals surface area contributed by atoms with E-state index in [4.69, 9.17) is 23.2 Å². The number of thiophene rings is 1. The van der Waals surface area contributed by atoms with E-state index in [1.165, 1.54) is 29.5 Å². The molecule has 8 heteroatoms. The summed E-state index contributed by atoms with van der Waals surface area (Å²) in [6, 6.07) is 7.18. The Kier molecular flexibility index (Phi) is 4.91. The summed E-state index contributed by atoms with van der Waals surface area (Å²) in [4.78, 5) is 0. The second-order valence-corrected chi connectivity index (χ2v) is 6.48. The SMILES string of the molecule is CC(Nc1ccccc1OC(F)(F)F)c1cc(Cl)sc1Cl. The van der Waals surface area contributed by atoms with Gasteiger partial charge in [0.15, 0.2) is 5.75 Å². The van der Waals surface area contributed by atoms with E-state index in [9.17, 15) is 13.2 Å². The van der Waals surface area contributed by atoms with Crippen LogP contribution in [0.15, 0.2) is 30.3 Å². The van der Waals surface area contributed by atoms with Crippen LogP contribution in [0.1, 0.15) is 18.5 Å². The quantitative estimate of drug-likeness (QED) is 0.712. The van der Waals surface area contributed by atoms with Gasteiger partial charge < -0.3 is 10.1 Å². The Balaban J connectivity index is 2.21. The van der Waals surface area contributed by atoms with E-state index in [0.29, 0.717) is 14.2 Å². The Bertz CT molecular complexity index is 630. The van der Waals surface area contributed by atoms with Crippen molar-refractivity contribution in [3.63, 3.8) is 0 Å². The molecule has 0 spiro atoms. The van der Waals surface area contributed by atoms with Crippen molar-refractivity contribution in [2.75, 3.05) is 5.32 Å². The van der Waals surface area contributed by atoms with Crippen LogP contribution in [0.25, 0.3) is 0 Å². The zero-order valence-electron chi connectivity index (χ0n) is 10.7. The van der Waals surface area contributed by atoms with Crippen molar-refractivity contribution >= 4 is 40.2 Å². The minimum Gasteiger partial charge on any atom is -0.404 e. The van der Waals surface area contributed by atoms with E-state index in [2.05, 4.69) is 10.1 Å². The normalized spacial score (nSPS) is 13.0. The van der Waals surface area contributed by atoms with E-state index in [0.717, 1.165) is 0 Å². The monoisotopic (exact) mass is 355 g/mol. The van der Waals surface area contributed by atoms with E-state index in [-0.39, 0.29) is 17.5 Å². The second kappa shape index (κ2) is 6.34. The van der Waals surface area contributed by atoms with Gasteiger partial charge in [-0.15, -0.1) is 24.5 Å². The van der Waals surface area contributed by atoms with Crippen LogP contribution in [-0.4, -0.2) is 6.36 Å². The van der Waals surface area contributed by atoms with E-state index in [1.807, 2.05) is 0 Å². The Morgan fingerprint density at radius 3 is 2.48 bits per heavy atom. The number of ether oxygens (including phenoxy) is 1. The summed E-state index contributed by atoms with van der Waals surface area (Å²) in [5.41, 5.74) is 0.939. The number of para-hydroxylation sites is 2. The fourth-order valence-corrected chi connectivity index (χ4v) is 3.40. The van der Waals surface area contributed by atoms with Crippen LogP contribution in [0.5, 0.6) is 5.75 Å². The summed E-state index contributed by atoms with van der Waals surface area (Å²) in [5, 5.41) is 2.94. The van der Waals surface area contributed by atoms with Gasteiger partial charge >= 0.3 is 6.36 Å². The average molecular weight is 356 g/mol. The molecule has 0 aliphatic rings. The van der Waals surface area contributed by atoms with Crippen molar-refractivity contribution in [3.05, 3.63) is 44.6 Å². The molecule has 1 atom stereocenters. The summed E-state index contributed by atoms with van der Waals surface area (Å²) in [7, 11) is 0. The molecule has 0 aliphatic carbocycles. The van der Waals surface area contributed by atoms with Gasteiger partial charge in [0.25, 0.3) is 0 Å². The lowest BCUT2D eigenvalue weighted by Gasteiger charge is -2.18. The maximum atomic E-state index is 12.4. The fraction of sp³-hybridized carbons (Fsp3) is 0.231. The minimum absolute atomic E-state index is 0.223. The molecule has 1 aromatic heterocycles. The largest absolute Gasteiger partial charge is 0.573 e. The van der Waals surface area contributed by atoms with Gasteiger partial charge in [-0.25, -0.2) is 0 Å². The number of hydrogen-bond donors (Lipinski definition) is 1. The molecular weight excluding hydrogens is 346 g/mol. The Hall–Kier alpha value is -1.11. The topological polar surface area (TPSA) is 21.3 Å². The fourth-order valence-electron chi connectivity index (χ4n) is 1.76. The molecular formula is C13H10Cl2F3NOS. The van der Waals surface area contributed by atoms with E-state index < -0.39 is 6.36 Å². The van der Waals surface area contributed by atoms with Crippen LogP contribution in [0.3, 0.4) is 0 Å². The van der Waals surface area contributed by atoms with Gasteiger partial charge in [-0.2, -0.15) is 0 Å². The van der Waals surface area contributed by atoms with Crippen LogP contribution in [0, 0.1) is 0 Å². The van der Waals surface area contributed by atoms with Gasteiger partial charge in [0.05, 0.1) is 20.4 Å². The highest BCUT2D eigenvalue weighted by Crippen LogP contribution is 2.38. The van der Waals surface area contributed by atoms with E-state index >= 15 is 0 Å². The number of hydrogen-bond acceptors (Lipinski definition) is 3. The van der Waals surface area contributed by atoms with Crippen molar-refractivity contribution in [2.24, 2.45) is 0 Å². The average Bonchev–Trinajstić information content (AvgIpc) is 2.69. The first-order chi connectivity index (χ1) is 9.76. The molecule has 0 bridgehead atoms. The van der Waals surface area contributed by atoms with Crippen molar-refractivity contribution in [1.82, 2.24) is 0 Å². The Morgan fingerprint density at radius 1 is 1.24 bits per heavy atom. The van der Waals surface area contributed by atoms with Crippen LogP contribution in [0.2, 0.25) is 8.67 Å². The van der Waals surface area contributed by atoms with Crippen LogP contribution in [0.4, 0.5) is 18.9 Å². The van der Waals surface area contributed by atoms with Crippen molar-refractivity contribution in [1.29, 1.82) is 0 Å². The molecule has 1 unspecified atom stereocenters. The molecule has 0 radical (unpaired) electrons. The molecule has 0 amide bonds. The Morgan fingerprint density at radius 2 is 1.90 bits per heavy atom. The molecule has 0 saturated heterocycles. The van der Waals surface area contributed by atoms with Crippen molar-refractivity contribution in [2.45, 2.75) is 19.3 Å². The molecule has 114 valence electrons. The minimum atomic E-state index is -4.75. The highest BCUT2D eigenvalue weighted by molar-refractivity contribution is 7.20. The van der Waals surface area contributed by atoms with E-state index in [1.54, 1.807) is 19.1 Å².